The number of halogens is 1. The van der Waals surface area contributed by atoms with Crippen LogP contribution in [0.4, 0.5) is 4.39 Å². The molecule has 3 rings (SSSR count). The summed E-state index contributed by atoms with van der Waals surface area (Å²) in [6.07, 6.45) is 1.90. The fourth-order valence-electron chi connectivity index (χ4n) is 2.45. The summed E-state index contributed by atoms with van der Waals surface area (Å²) < 4.78 is 26.8. The van der Waals surface area contributed by atoms with Crippen molar-refractivity contribution in [2.24, 2.45) is 7.05 Å². The van der Waals surface area contributed by atoms with Gasteiger partial charge in [0.2, 0.25) is 0 Å². The molecule has 0 aliphatic rings. The second kappa shape index (κ2) is 5.48. The molecule has 4 heteroatoms. The van der Waals surface area contributed by atoms with E-state index in [1.54, 1.807) is 13.2 Å². The maximum atomic E-state index is 14.0. The third kappa shape index (κ3) is 2.57. The summed E-state index contributed by atoms with van der Waals surface area (Å²) in [4.78, 5) is 0. The Morgan fingerprint density at radius 1 is 1.10 bits per heavy atom. The lowest BCUT2D eigenvalue weighted by Crippen LogP contribution is -1.95. The fourth-order valence-corrected chi connectivity index (χ4v) is 2.45. The minimum absolute atomic E-state index is 0.225. The van der Waals surface area contributed by atoms with Crippen LogP contribution in [0.15, 0.2) is 48.7 Å². The summed E-state index contributed by atoms with van der Waals surface area (Å²) in [6.45, 7) is 0.311. The summed E-state index contributed by atoms with van der Waals surface area (Å²) in [5, 5.41) is 0.614. The normalized spacial score (nSPS) is 10.8. The maximum Gasteiger partial charge on any atom is 0.132 e. The summed E-state index contributed by atoms with van der Waals surface area (Å²) in [5.74, 6) is 1.21. The first kappa shape index (κ1) is 13.5. The van der Waals surface area contributed by atoms with Crippen LogP contribution in [0, 0.1) is 5.82 Å². The average Bonchev–Trinajstić information content (AvgIpc) is 2.83. The van der Waals surface area contributed by atoms with E-state index in [1.807, 2.05) is 48.1 Å². The van der Waals surface area contributed by atoms with Crippen molar-refractivity contribution in [2.75, 3.05) is 7.11 Å². The molecule has 0 aliphatic heterocycles. The number of benzene rings is 2. The van der Waals surface area contributed by atoms with Crippen LogP contribution in [0.1, 0.15) is 5.56 Å². The number of methoxy groups -OCH3 is 1. The van der Waals surface area contributed by atoms with Crippen LogP contribution in [-0.4, -0.2) is 11.7 Å². The largest absolute Gasteiger partial charge is 0.497 e. The van der Waals surface area contributed by atoms with E-state index in [4.69, 9.17) is 9.47 Å². The molecule has 3 nitrogen and oxygen atoms in total. The van der Waals surface area contributed by atoms with E-state index >= 15 is 0 Å². The van der Waals surface area contributed by atoms with Gasteiger partial charge < -0.3 is 14.0 Å². The first-order chi connectivity index (χ1) is 10.2. The zero-order valence-corrected chi connectivity index (χ0v) is 12.0. The SMILES string of the molecule is COc1cccc(OCc2cn(C)c3cccc(F)c23)c1. The van der Waals surface area contributed by atoms with E-state index in [9.17, 15) is 4.39 Å². The fraction of sp³-hybridized carbons (Fsp3) is 0.176. The smallest absolute Gasteiger partial charge is 0.132 e. The predicted molar refractivity (Wildman–Crippen MR) is 80.2 cm³/mol. The van der Waals surface area contributed by atoms with Gasteiger partial charge in [-0.2, -0.15) is 0 Å². The average molecular weight is 285 g/mol. The van der Waals surface area contributed by atoms with Gasteiger partial charge in [-0.3, -0.25) is 0 Å². The van der Waals surface area contributed by atoms with Gasteiger partial charge in [0.05, 0.1) is 12.6 Å². The second-order valence-electron chi connectivity index (χ2n) is 4.87. The number of aryl methyl sites for hydroxylation is 1. The molecule has 1 aromatic heterocycles. The van der Waals surface area contributed by atoms with Gasteiger partial charge in [-0.25, -0.2) is 4.39 Å². The lowest BCUT2D eigenvalue weighted by Gasteiger charge is -2.07. The van der Waals surface area contributed by atoms with E-state index in [-0.39, 0.29) is 5.82 Å². The molecule has 0 bridgehead atoms. The zero-order valence-electron chi connectivity index (χ0n) is 12.0. The minimum atomic E-state index is -0.225. The van der Waals surface area contributed by atoms with Gasteiger partial charge in [-0.1, -0.05) is 12.1 Å². The van der Waals surface area contributed by atoms with E-state index in [1.165, 1.54) is 6.07 Å². The Balaban J connectivity index is 1.88. The predicted octanol–water partition coefficient (Wildman–Crippen LogP) is 3.91. The molecule has 1 heterocycles. The third-order valence-electron chi connectivity index (χ3n) is 3.48. The minimum Gasteiger partial charge on any atom is -0.497 e. The van der Waals surface area contributed by atoms with Crippen LogP contribution in [-0.2, 0) is 13.7 Å². The Bertz CT molecular complexity index is 780. The third-order valence-corrected chi connectivity index (χ3v) is 3.48. The van der Waals surface area contributed by atoms with Gasteiger partial charge in [0.1, 0.15) is 23.9 Å². The summed E-state index contributed by atoms with van der Waals surface area (Å²) >= 11 is 0. The molecule has 0 spiro atoms. The number of aromatic nitrogens is 1. The van der Waals surface area contributed by atoms with Crippen LogP contribution < -0.4 is 9.47 Å². The van der Waals surface area contributed by atoms with Crippen LogP contribution in [0.2, 0.25) is 0 Å². The summed E-state index contributed by atoms with van der Waals surface area (Å²) in [7, 11) is 3.51. The van der Waals surface area contributed by atoms with Crippen molar-refractivity contribution >= 4 is 10.9 Å². The van der Waals surface area contributed by atoms with Crippen molar-refractivity contribution in [1.82, 2.24) is 4.57 Å². The van der Waals surface area contributed by atoms with Crippen molar-refractivity contribution in [1.29, 1.82) is 0 Å². The molecule has 0 unspecified atom stereocenters. The first-order valence-electron chi connectivity index (χ1n) is 6.68. The van der Waals surface area contributed by atoms with Gasteiger partial charge >= 0.3 is 0 Å². The van der Waals surface area contributed by atoms with E-state index in [0.717, 1.165) is 16.8 Å². The highest BCUT2D eigenvalue weighted by atomic mass is 19.1. The Hall–Kier alpha value is -2.49. The summed E-state index contributed by atoms with van der Waals surface area (Å²) in [5.41, 5.74) is 1.69. The van der Waals surface area contributed by atoms with Crippen molar-refractivity contribution < 1.29 is 13.9 Å². The molecule has 108 valence electrons. The number of fused-ring (bicyclic) bond motifs is 1. The number of nitrogens with zero attached hydrogens (tertiary/aromatic N) is 1. The molecular weight excluding hydrogens is 269 g/mol. The van der Waals surface area contributed by atoms with E-state index in [0.29, 0.717) is 17.7 Å². The standard InChI is InChI=1S/C17H16FNO2/c1-19-10-12(17-15(18)7-4-8-16(17)19)11-21-14-6-3-5-13(9-14)20-2/h3-10H,11H2,1-2H3. The van der Waals surface area contributed by atoms with Crippen molar-refractivity contribution in [2.45, 2.75) is 6.61 Å². The number of rotatable bonds is 4. The van der Waals surface area contributed by atoms with Crippen molar-refractivity contribution in [3.05, 3.63) is 60.0 Å². The van der Waals surface area contributed by atoms with Gasteiger partial charge in [0.15, 0.2) is 0 Å². The molecule has 3 aromatic rings. The number of ether oxygens (including phenoxy) is 2. The maximum absolute atomic E-state index is 14.0. The Kier molecular flexibility index (Phi) is 3.52. The first-order valence-corrected chi connectivity index (χ1v) is 6.68. The van der Waals surface area contributed by atoms with Crippen LogP contribution >= 0.6 is 0 Å². The molecule has 2 aromatic carbocycles. The quantitative estimate of drug-likeness (QED) is 0.725. The van der Waals surface area contributed by atoms with Crippen molar-refractivity contribution in [3.63, 3.8) is 0 Å². The lowest BCUT2D eigenvalue weighted by molar-refractivity contribution is 0.304. The molecule has 0 saturated carbocycles. The Morgan fingerprint density at radius 3 is 2.67 bits per heavy atom. The van der Waals surface area contributed by atoms with Gasteiger partial charge in [-0.15, -0.1) is 0 Å². The van der Waals surface area contributed by atoms with E-state index in [2.05, 4.69) is 0 Å². The molecule has 0 amide bonds. The monoisotopic (exact) mass is 285 g/mol. The van der Waals surface area contributed by atoms with Crippen LogP contribution in [0.5, 0.6) is 11.5 Å². The lowest BCUT2D eigenvalue weighted by atomic mass is 10.2. The highest BCUT2D eigenvalue weighted by molar-refractivity contribution is 5.84. The van der Waals surface area contributed by atoms with Gasteiger partial charge in [0.25, 0.3) is 0 Å². The number of hydrogen-bond donors (Lipinski definition) is 0. The topological polar surface area (TPSA) is 23.4 Å². The second-order valence-corrected chi connectivity index (χ2v) is 4.87. The molecule has 0 atom stereocenters. The molecule has 0 fully saturated rings. The highest BCUT2D eigenvalue weighted by Crippen LogP contribution is 2.26. The Labute approximate surface area is 122 Å². The molecule has 0 aliphatic carbocycles. The molecule has 21 heavy (non-hydrogen) atoms. The molecule has 0 saturated heterocycles. The van der Waals surface area contributed by atoms with Crippen LogP contribution in [0.25, 0.3) is 10.9 Å². The highest BCUT2D eigenvalue weighted by Gasteiger charge is 2.11. The number of hydrogen-bond acceptors (Lipinski definition) is 2. The molecular formula is C17H16FNO2. The molecule has 0 radical (unpaired) electrons. The van der Waals surface area contributed by atoms with E-state index < -0.39 is 0 Å². The van der Waals surface area contributed by atoms with Crippen LogP contribution in [0.3, 0.4) is 0 Å². The van der Waals surface area contributed by atoms with Gasteiger partial charge in [-0.05, 0) is 24.3 Å². The van der Waals surface area contributed by atoms with Gasteiger partial charge in [0, 0.05) is 30.3 Å². The Morgan fingerprint density at radius 2 is 1.86 bits per heavy atom. The van der Waals surface area contributed by atoms with Crippen molar-refractivity contribution in [3.8, 4) is 11.5 Å². The molecule has 0 N–H and O–H groups in total. The zero-order chi connectivity index (χ0) is 14.8. The summed E-state index contributed by atoms with van der Waals surface area (Å²) in [6, 6.07) is 12.4.